The van der Waals surface area contributed by atoms with E-state index in [2.05, 4.69) is 18.5 Å². The van der Waals surface area contributed by atoms with Crippen molar-refractivity contribution in [2.45, 2.75) is 19.6 Å². The van der Waals surface area contributed by atoms with Gasteiger partial charge in [-0.3, -0.25) is 0 Å². The molecule has 0 fully saturated rings. The molecule has 0 saturated carbocycles. The smallest absolute Gasteiger partial charge is 0.128 e. The van der Waals surface area contributed by atoms with E-state index in [4.69, 9.17) is 4.74 Å². The fourth-order valence-corrected chi connectivity index (χ4v) is 2.51. The minimum atomic E-state index is -0.566. The summed E-state index contributed by atoms with van der Waals surface area (Å²) in [6.45, 7) is 3.94. The van der Waals surface area contributed by atoms with E-state index >= 15 is 0 Å². The van der Waals surface area contributed by atoms with Crippen LogP contribution in [0.15, 0.2) is 24.3 Å². The summed E-state index contributed by atoms with van der Waals surface area (Å²) in [5, 5.41) is 13.0. The van der Waals surface area contributed by atoms with E-state index < -0.39 is 6.10 Å². The fraction of sp³-hybridized carbons (Fsp3) is 0.600. The van der Waals surface area contributed by atoms with E-state index in [1.54, 1.807) is 18.2 Å². The molecule has 1 aromatic carbocycles. The van der Waals surface area contributed by atoms with Crippen LogP contribution >= 0.6 is 11.8 Å². The van der Waals surface area contributed by atoms with Crippen LogP contribution in [0.4, 0.5) is 4.39 Å². The predicted octanol–water partition coefficient (Wildman–Crippen LogP) is 2.29. The van der Waals surface area contributed by atoms with Gasteiger partial charge in [-0.05, 0) is 30.5 Å². The Kier molecular flexibility index (Phi) is 8.85. The predicted molar refractivity (Wildman–Crippen MR) is 82.5 cm³/mol. The van der Waals surface area contributed by atoms with E-state index in [9.17, 15) is 9.50 Å². The summed E-state index contributed by atoms with van der Waals surface area (Å²) < 4.78 is 18.7. The second-order valence-corrected chi connectivity index (χ2v) is 5.89. The van der Waals surface area contributed by atoms with Gasteiger partial charge < -0.3 is 15.2 Å². The standard InChI is InChI=1S/C15H24FNO2S/c1-12(11-20-2)7-17-8-14(18)10-19-9-13-5-3-4-6-15(13)16/h3-6,12,14,17-18H,7-11H2,1-2H3. The average molecular weight is 301 g/mol. The molecule has 0 saturated heterocycles. The normalized spacial score (nSPS) is 14.2. The first-order valence-corrected chi connectivity index (χ1v) is 8.21. The Morgan fingerprint density at radius 1 is 1.35 bits per heavy atom. The van der Waals surface area contributed by atoms with Gasteiger partial charge in [-0.1, -0.05) is 25.1 Å². The Hall–Kier alpha value is -0.620. The topological polar surface area (TPSA) is 41.5 Å². The molecule has 0 heterocycles. The molecule has 1 rings (SSSR count). The molecule has 0 amide bonds. The number of thioether (sulfide) groups is 1. The molecule has 0 aliphatic rings. The van der Waals surface area contributed by atoms with Crippen molar-refractivity contribution < 1.29 is 14.2 Å². The number of rotatable bonds is 10. The molecular weight excluding hydrogens is 277 g/mol. The van der Waals surface area contributed by atoms with Crippen LogP contribution in [-0.2, 0) is 11.3 Å². The van der Waals surface area contributed by atoms with Crippen LogP contribution in [0.2, 0.25) is 0 Å². The minimum Gasteiger partial charge on any atom is -0.389 e. The van der Waals surface area contributed by atoms with Crippen LogP contribution in [-0.4, -0.2) is 42.9 Å². The number of aliphatic hydroxyl groups excluding tert-OH is 1. The number of ether oxygens (including phenoxy) is 1. The molecule has 0 aromatic heterocycles. The van der Waals surface area contributed by atoms with Crippen molar-refractivity contribution in [3.8, 4) is 0 Å². The molecule has 0 aliphatic heterocycles. The first-order chi connectivity index (χ1) is 9.63. The monoisotopic (exact) mass is 301 g/mol. The van der Waals surface area contributed by atoms with Gasteiger partial charge in [0, 0.05) is 12.1 Å². The number of halogens is 1. The molecule has 5 heteroatoms. The minimum absolute atomic E-state index is 0.187. The Bertz CT molecular complexity index is 379. The summed E-state index contributed by atoms with van der Waals surface area (Å²) in [6.07, 6.45) is 1.52. The highest BCUT2D eigenvalue weighted by molar-refractivity contribution is 7.98. The van der Waals surface area contributed by atoms with Crippen LogP contribution in [0.25, 0.3) is 0 Å². The van der Waals surface area contributed by atoms with Crippen molar-refractivity contribution in [3.05, 3.63) is 35.6 Å². The second kappa shape index (κ2) is 10.2. The van der Waals surface area contributed by atoms with Crippen LogP contribution in [0.5, 0.6) is 0 Å². The number of aliphatic hydroxyl groups is 1. The van der Waals surface area contributed by atoms with Gasteiger partial charge in [0.2, 0.25) is 0 Å². The van der Waals surface area contributed by atoms with Gasteiger partial charge in [0.1, 0.15) is 5.82 Å². The molecular formula is C15H24FNO2S. The summed E-state index contributed by atoms with van der Waals surface area (Å²) in [5.74, 6) is 1.41. The van der Waals surface area contributed by atoms with Crippen molar-refractivity contribution in [2.75, 3.05) is 31.7 Å². The molecule has 2 atom stereocenters. The molecule has 3 nitrogen and oxygen atoms in total. The third-order valence-corrected chi connectivity index (χ3v) is 3.75. The Labute approximate surface area is 124 Å². The van der Waals surface area contributed by atoms with Gasteiger partial charge in [-0.25, -0.2) is 4.39 Å². The van der Waals surface area contributed by atoms with Crippen molar-refractivity contribution in [2.24, 2.45) is 5.92 Å². The molecule has 2 unspecified atom stereocenters. The lowest BCUT2D eigenvalue weighted by atomic mass is 10.2. The molecule has 2 N–H and O–H groups in total. The highest BCUT2D eigenvalue weighted by Gasteiger charge is 2.07. The van der Waals surface area contributed by atoms with Gasteiger partial charge in [0.25, 0.3) is 0 Å². The second-order valence-electron chi connectivity index (χ2n) is 4.98. The highest BCUT2D eigenvalue weighted by atomic mass is 32.2. The summed E-state index contributed by atoms with van der Waals surface area (Å²) >= 11 is 1.82. The van der Waals surface area contributed by atoms with E-state index in [1.807, 2.05) is 11.8 Å². The third kappa shape index (κ3) is 7.24. The summed E-state index contributed by atoms with van der Waals surface area (Å²) in [5.41, 5.74) is 0.515. The summed E-state index contributed by atoms with van der Waals surface area (Å²) in [7, 11) is 0. The van der Waals surface area contributed by atoms with E-state index in [-0.39, 0.29) is 19.0 Å². The largest absolute Gasteiger partial charge is 0.389 e. The molecule has 0 spiro atoms. The van der Waals surface area contributed by atoms with Crippen LogP contribution in [0.3, 0.4) is 0 Å². The first-order valence-electron chi connectivity index (χ1n) is 6.82. The van der Waals surface area contributed by atoms with Crippen LogP contribution < -0.4 is 5.32 Å². The maximum absolute atomic E-state index is 13.3. The molecule has 20 heavy (non-hydrogen) atoms. The first kappa shape index (κ1) is 17.4. The lowest BCUT2D eigenvalue weighted by Gasteiger charge is -2.15. The van der Waals surface area contributed by atoms with Gasteiger partial charge in [0.05, 0.1) is 19.3 Å². The lowest BCUT2D eigenvalue weighted by molar-refractivity contribution is 0.0277. The summed E-state index contributed by atoms with van der Waals surface area (Å²) in [6, 6.07) is 6.51. The van der Waals surface area contributed by atoms with Gasteiger partial charge in [-0.15, -0.1) is 0 Å². The maximum atomic E-state index is 13.3. The molecule has 0 bridgehead atoms. The van der Waals surface area contributed by atoms with Crippen LogP contribution in [0.1, 0.15) is 12.5 Å². The number of hydrogen-bond acceptors (Lipinski definition) is 4. The molecule has 0 radical (unpaired) electrons. The maximum Gasteiger partial charge on any atom is 0.128 e. The molecule has 0 aliphatic carbocycles. The van der Waals surface area contributed by atoms with E-state index in [0.717, 1.165) is 12.3 Å². The lowest BCUT2D eigenvalue weighted by Crippen LogP contribution is -2.33. The molecule has 1 aromatic rings. The zero-order valence-corrected chi connectivity index (χ0v) is 13.0. The zero-order valence-electron chi connectivity index (χ0n) is 12.1. The van der Waals surface area contributed by atoms with Gasteiger partial charge in [0.15, 0.2) is 0 Å². The Morgan fingerprint density at radius 2 is 2.10 bits per heavy atom. The SMILES string of the molecule is CSCC(C)CNCC(O)COCc1ccccc1F. The van der Waals surface area contributed by atoms with Gasteiger partial charge >= 0.3 is 0 Å². The molecule has 114 valence electrons. The Morgan fingerprint density at radius 3 is 2.80 bits per heavy atom. The van der Waals surface area contributed by atoms with E-state index in [0.29, 0.717) is 18.0 Å². The Balaban J connectivity index is 2.11. The summed E-state index contributed by atoms with van der Waals surface area (Å²) in [4.78, 5) is 0. The number of nitrogens with one attached hydrogen (secondary N) is 1. The zero-order chi connectivity index (χ0) is 14.8. The fourth-order valence-electron chi connectivity index (χ4n) is 1.82. The average Bonchev–Trinajstić information content (AvgIpc) is 2.41. The van der Waals surface area contributed by atoms with Crippen molar-refractivity contribution in [3.63, 3.8) is 0 Å². The number of benzene rings is 1. The highest BCUT2D eigenvalue weighted by Crippen LogP contribution is 2.07. The van der Waals surface area contributed by atoms with Crippen molar-refractivity contribution in [1.82, 2.24) is 5.32 Å². The van der Waals surface area contributed by atoms with Crippen molar-refractivity contribution in [1.29, 1.82) is 0 Å². The van der Waals surface area contributed by atoms with Crippen LogP contribution in [0, 0.1) is 11.7 Å². The third-order valence-electron chi connectivity index (χ3n) is 2.85. The quantitative estimate of drug-likeness (QED) is 0.696. The van der Waals surface area contributed by atoms with E-state index in [1.165, 1.54) is 6.07 Å². The number of hydrogen-bond donors (Lipinski definition) is 2. The van der Waals surface area contributed by atoms with Crippen molar-refractivity contribution >= 4 is 11.8 Å². The van der Waals surface area contributed by atoms with Gasteiger partial charge in [-0.2, -0.15) is 11.8 Å².